The number of hydrogen-bond donors (Lipinski definition) is 1. The van der Waals surface area contributed by atoms with Gasteiger partial charge in [-0.05, 0) is 52.6 Å². The number of aromatic nitrogens is 2. The van der Waals surface area contributed by atoms with Gasteiger partial charge in [-0.15, -0.1) is 0 Å². The normalized spacial score (nSPS) is 13.8. The first kappa shape index (κ1) is 21.9. The van der Waals surface area contributed by atoms with E-state index in [1.54, 1.807) is 24.5 Å². The smallest absolute Gasteiger partial charge is 0.258 e. The van der Waals surface area contributed by atoms with Gasteiger partial charge in [0.05, 0.1) is 0 Å². The number of rotatable bonds is 6. The minimum absolute atomic E-state index is 0.0367. The first-order chi connectivity index (χ1) is 16.7. The largest absolute Gasteiger partial charge is 0.508 e. The lowest BCUT2D eigenvalue weighted by atomic mass is 9.99. The predicted molar refractivity (Wildman–Crippen MR) is 135 cm³/mol. The third-order valence-electron chi connectivity index (χ3n) is 6.28. The van der Waals surface area contributed by atoms with Crippen LogP contribution in [-0.2, 0) is 26.1 Å². The molecule has 4 aromatic rings. The molecule has 0 bridgehead atoms. The van der Waals surface area contributed by atoms with E-state index in [0.29, 0.717) is 12.1 Å². The topological polar surface area (TPSA) is 58.4 Å². The third-order valence-corrected chi connectivity index (χ3v) is 6.28. The summed E-state index contributed by atoms with van der Waals surface area (Å²) in [6.45, 7) is 2.99. The van der Waals surface area contributed by atoms with Crippen molar-refractivity contribution in [1.82, 2.24) is 14.5 Å². The summed E-state index contributed by atoms with van der Waals surface area (Å²) in [5.41, 5.74) is 6.21. The van der Waals surface area contributed by atoms with Crippen molar-refractivity contribution >= 4 is 6.08 Å². The number of pyridine rings is 2. The lowest BCUT2D eigenvalue weighted by Crippen LogP contribution is -2.36. The Labute approximate surface area is 199 Å². The van der Waals surface area contributed by atoms with Gasteiger partial charge in [0, 0.05) is 56.3 Å². The molecule has 5 nitrogen and oxygen atoms in total. The molecule has 1 N–H and O–H groups in total. The van der Waals surface area contributed by atoms with Gasteiger partial charge in [0.1, 0.15) is 5.75 Å². The van der Waals surface area contributed by atoms with Gasteiger partial charge in [0.2, 0.25) is 0 Å². The van der Waals surface area contributed by atoms with E-state index in [0.717, 1.165) is 48.4 Å². The summed E-state index contributed by atoms with van der Waals surface area (Å²) >= 11 is 0. The Morgan fingerprint density at radius 3 is 2.50 bits per heavy atom. The molecule has 0 atom stereocenters. The molecule has 0 spiro atoms. The number of fused-ring (bicyclic) bond motifs is 1. The standard InChI is InChI=1S/C29H27N3O2/c33-26-10-8-23(9-11-26)20-31-18-14-28-25(21-31)19-27(24-12-15-30-16-13-24)29(34)32(28)17-4-7-22-5-2-1-3-6-22/h1-13,15-16,19,33H,14,17-18,20-21H2/b7-4+. The maximum absolute atomic E-state index is 13.6. The van der Waals surface area contributed by atoms with Crippen LogP contribution in [0.25, 0.3) is 17.2 Å². The second-order valence-corrected chi connectivity index (χ2v) is 8.62. The molecular weight excluding hydrogens is 422 g/mol. The molecule has 0 aliphatic carbocycles. The summed E-state index contributed by atoms with van der Waals surface area (Å²) in [5.74, 6) is 0.280. The summed E-state index contributed by atoms with van der Waals surface area (Å²) in [6, 6.07) is 23.4. The zero-order valence-corrected chi connectivity index (χ0v) is 19.0. The number of nitrogens with zero attached hydrogens (tertiary/aromatic N) is 3. The first-order valence-corrected chi connectivity index (χ1v) is 11.6. The van der Waals surface area contributed by atoms with E-state index < -0.39 is 0 Å². The monoisotopic (exact) mass is 449 g/mol. The van der Waals surface area contributed by atoms with Gasteiger partial charge < -0.3 is 9.67 Å². The Morgan fingerprint density at radius 2 is 1.74 bits per heavy atom. The summed E-state index contributed by atoms with van der Waals surface area (Å²) in [7, 11) is 0. The highest BCUT2D eigenvalue weighted by atomic mass is 16.3. The number of hydrogen-bond acceptors (Lipinski definition) is 4. The molecule has 170 valence electrons. The lowest BCUT2D eigenvalue weighted by molar-refractivity contribution is 0.240. The van der Waals surface area contributed by atoms with Crippen molar-refractivity contribution in [2.75, 3.05) is 6.54 Å². The van der Waals surface area contributed by atoms with E-state index >= 15 is 0 Å². The van der Waals surface area contributed by atoms with Crippen LogP contribution < -0.4 is 5.56 Å². The van der Waals surface area contributed by atoms with E-state index in [4.69, 9.17) is 0 Å². The van der Waals surface area contributed by atoms with Crippen LogP contribution in [0.15, 0.2) is 96.1 Å². The average molecular weight is 450 g/mol. The zero-order chi connectivity index (χ0) is 23.3. The highest BCUT2D eigenvalue weighted by Gasteiger charge is 2.22. The summed E-state index contributed by atoms with van der Waals surface area (Å²) in [5, 5.41) is 9.58. The Balaban J connectivity index is 1.48. The fourth-order valence-electron chi connectivity index (χ4n) is 4.56. The molecule has 5 rings (SSSR count). The van der Waals surface area contributed by atoms with Crippen LogP contribution in [-0.4, -0.2) is 26.1 Å². The SMILES string of the molecule is O=c1c(-c2ccncc2)cc2c(n1C/C=C/c1ccccc1)CCN(Cc1ccc(O)cc1)C2. The van der Waals surface area contributed by atoms with Crippen molar-refractivity contribution in [3.63, 3.8) is 0 Å². The summed E-state index contributed by atoms with van der Waals surface area (Å²) in [4.78, 5) is 20.1. The van der Waals surface area contributed by atoms with Gasteiger partial charge in [0.15, 0.2) is 0 Å². The molecule has 34 heavy (non-hydrogen) atoms. The summed E-state index contributed by atoms with van der Waals surface area (Å²) < 4.78 is 1.93. The number of allylic oxidation sites excluding steroid dienone is 1. The fraction of sp³-hybridized carbons (Fsp3) is 0.172. The van der Waals surface area contributed by atoms with Crippen LogP contribution >= 0.6 is 0 Å². The quantitative estimate of drug-likeness (QED) is 0.455. The molecule has 5 heteroatoms. The van der Waals surface area contributed by atoms with Crippen molar-refractivity contribution in [3.8, 4) is 16.9 Å². The number of phenolic OH excluding ortho intramolecular Hbond substituents is 1. The fourth-order valence-corrected chi connectivity index (χ4v) is 4.56. The van der Waals surface area contributed by atoms with Crippen LogP contribution in [0.1, 0.15) is 22.4 Å². The predicted octanol–water partition coefficient (Wildman–Crippen LogP) is 4.89. The van der Waals surface area contributed by atoms with Crippen LogP contribution in [0.2, 0.25) is 0 Å². The lowest BCUT2D eigenvalue weighted by Gasteiger charge is -2.31. The van der Waals surface area contributed by atoms with Crippen molar-refractivity contribution in [1.29, 1.82) is 0 Å². The second-order valence-electron chi connectivity index (χ2n) is 8.62. The molecule has 0 fully saturated rings. The molecule has 3 heterocycles. The average Bonchev–Trinajstić information content (AvgIpc) is 2.88. The number of benzene rings is 2. The van der Waals surface area contributed by atoms with Crippen molar-refractivity contribution < 1.29 is 5.11 Å². The van der Waals surface area contributed by atoms with Crippen molar-refractivity contribution in [2.45, 2.75) is 26.1 Å². The van der Waals surface area contributed by atoms with Gasteiger partial charge in [-0.25, -0.2) is 0 Å². The van der Waals surface area contributed by atoms with E-state index in [2.05, 4.69) is 40.2 Å². The Bertz CT molecular complexity index is 1340. The van der Waals surface area contributed by atoms with Gasteiger partial charge >= 0.3 is 0 Å². The van der Waals surface area contributed by atoms with E-state index in [9.17, 15) is 9.90 Å². The molecule has 0 saturated heterocycles. The molecule has 1 aliphatic rings. The third kappa shape index (κ3) is 4.85. The highest BCUT2D eigenvalue weighted by molar-refractivity contribution is 5.63. The van der Waals surface area contributed by atoms with E-state index in [1.165, 1.54) is 5.56 Å². The molecule has 2 aromatic heterocycles. The molecule has 0 radical (unpaired) electrons. The van der Waals surface area contributed by atoms with E-state index in [1.807, 2.05) is 47.0 Å². The molecule has 0 unspecified atom stereocenters. The first-order valence-electron chi connectivity index (χ1n) is 11.6. The van der Waals surface area contributed by atoms with Gasteiger partial charge in [-0.2, -0.15) is 0 Å². The Hall–Kier alpha value is -3.96. The van der Waals surface area contributed by atoms with Crippen LogP contribution in [0.3, 0.4) is 0 Å². The number of aromatic hydroxyl groups is 1. The van der Waals surface area contributed by atoms with Gasteiger partial charge in [0.25, 0.3) is 5.56 Å². The van der Waals surface area contributed by atoms with Crippen LogP contribution in [0.4, 0.5) is 0 Å². The minimum atomic E-state index is 0.0367. The highest BCUT2D eigenvalue weighted by Crippen LogP contribution is 2.25. The van der Waals surface area contributed by atoms with Crippen LogP contribution in [0, 0.1) is 0 Å². The Morgan fingerprint density at radius 1 is 0.971 bits per heavy atom. The van der Waals surface area contributed by atoms with Gasteiger partial charge in [-0.1, -0.05) is 54.6 Å². The van der Waals surface area contributed by atoms with Crippen molar-refractivity contribution in [3.05, 3.63) is 124 Å². The van der Waals surface area contributed by atoms with E-state index in [-0.39, 0.29) is 11.3 Å². The Kier molecular flexibility index (Phi) is 6.36. The molecule has 1 aliphatic heterocycles. The van der Waals surface area contributed by atoms with Crippen LogP contribution in [0.5, 0.6) is 5.75 Å². The molecule has 0 amide bonds. The molecule has 0 saturated carbocycles. The van der Waals surface area contributed by atoms with Crippen molar-refractivity contribution in [2.24, 2.45) is 0 Å². The number of phenols is 1. The zero-order valence-electron chi connectivity index (χ0n) is 19.0. The molecular formula is C29H27N3O2. The summed E-state index contributed by atoms with van der Waals surface area (Å²) in [6.07, 6.45) is 8.41. The second kappa shape index (κ2) is 9.89. The molecule has 2 aromatic carbocycles. The maximum Gasteiger partial charge on any atom is 0.258 e. The maximum atomic E-state index is 13.6. The van der Waals surface area contributed by atoms with Gasteiger partial charge in [-0.3, -0.25) is 14.7 Å². The minimum Gasteiger partial charge on any atom is -0.508 e.